The van der Waals surface area contributed by atoms with Crippen LogP contribution in [-0.4, -0.2) is 32.3 Å². The van der Waals surface area contributed by atoms with Gasteiger partial charge in [-0.1, -0.05) is 6.07 Å². The normalized spacial score (nSPS) is 14.0. The van der Waals surface area contributed by atoms with Crippen molar-refractivity contribution in [3.8, 4) is 11.5 Å². The van der Waals surface area contributed by atoms with E-state index in [1.807, 2.05) is 24.4 Å². The molecule has 1 aliphatic heterocycles. The first-order valence-corrected chi connectivity index (χ1v) is 8.41. The van der Waals surface area contributed by atoms with Crippen LogP contribution >= 0.6 is 0 Å². The number of pyridine rings is 1. The van der Waals surface area contributed by atoms with Gasteiger partial charge in [0, 0.05) is 37.9 Å². The van der Waals surface area contributed by atoms with E-state index in [1.54, 1.807) is 14.2 Å². The Balaban J connectivity index is 1.56. The van der Waals surface area contributed by atoms with E-state index in [0.29, 0.717) is 6.54 Å². The van der Waals surface area contributed by atoms with Gasteiger partial charge in [-0.05, 0) is 42.7 Å². The monoisotopic (exact) mass is 327 g/mol. The zero-order valence-corrected chi connectivity index (χ0v) is 14.4. The van der Waals surface area contributed by atoms with Gasteiger partial charge in [0.1, 0.15) is 17.3 Å². The number of anilines is 1. The molecular formula is C19H25N3O2. The molecular weight excluding hydrogens is 302 g/mol. The van der Waals surface area contributed by atoms with E-state index < -0.39 is 0 Å². The lowest BCUT2D eigenvalue weighted by Gasteiger charge is -2.16. The lowest BCUT2D eigenvalue weighted by Crippen LogP contribution is -2.19. The van der Waals surface area contributed by atoms with Crippen LogP contribution < -0.4 is 19.7 Å². The van der Waals surface area contributed by atoms with Gasteiger partial charge in [0.05, 0.1) is 14.2 Å². The van der Waals surface area contributed by atoms with E-state index in [2.05, 4.69) is 27.3 Å². The van der Waals surface area contributed by atoms with Gasteiger partial charge in [0.2, 0.25) is 0 Å². The quantitative estimate of drug-likeness (QED) is 0.847. The Morgan fingerprint density at radius 1 is 1.04 bits per heavy atom. The van der Waals surface area contributed by atoms with Crippen LogP contribution in [0.3, 0.4) is 0 Å². The van der Waals surface area contributed by atoms with Crippen LogP contribution in [0.4, 0.5) is 5.82 Å². The van der Waals surface area contributed by atoms with E-state index in [9.17, 15) is 0 Å². The van der Waals surface area contributed by atoms with Crippen LogP contribution in [0.1, 0.15) is 24.0 Å². The molecule has 24 heavy (non-hydrogen) atoms. The summed E-state index contributed by atoms with van der Waals surface area (Å²) in [4.78, 5) is 6.93. The average Bonchev–Trinajstić information content (AvgIpc) is 3.17. The molecule has 2 heterocycles. The number of nitrogens with zero attached hydrogens (tertiary/aromatic N) is 2. The summed E-state index contributed by atoms with van der Waals surface area (Å²) in [5, 5.41) is 3.44. The fraction of sp³-hybridized carbons (Fsp3) is 0.421. The molecule has 0 spiro atoms. The van der Waals surface area contributed by atoms with E-state index in [1.165, 1.54) is 18.4 Å². The van der Waals surface area contributed by atoms with Crippen molar-refractivity contribution in [2.24, 2.45) is 0 Å². The highest BCUT2D eigenvalue weighted by atomic mass is 16.5. The predicted octanol–water partition coefficient (Wildman–Crippen LogP) is 2.99. The maximum absolute atomic E-state index is 5.41. The third kappa shape index (κ3) is 3.97. The zero-order valence-electron chi connectivity index (χ0n) is 14.4. The number of methoxy groups -OCH3 is 2. The molecule has 1 fully saturated rings. The van der Waals surface area contributed by atoms with Crippen molar-refractivity contribution in [1.82, 2.24) is 10.3 Å². The van der Waals surface area contributed by atoms with Crippen molar-refractivity contribution in [2.45, 2.75) is 25.9 Å². The number of hydrogen-bond donors (Lipinski definition) is 1. The van der Waals surface area contributed by atoms with Crippen LogP contribution in [0.25, 0.3) is 0 Å². The SMILES string of the molecule is COc1ccc(OC)c(CNCc2ccc(N3CCCC3)nc2)c1. The maximum atomic E-state index is 5.41. The number of benzene rings is 1. The van der Waals surface area contributed by atoms with Gasteiger partial charge in [-0.3, -0.25) is 0 Å². The molecule has 3 rings (SSSR count). The molecule has 0 unspecified atom stereocenters. The van der Waals surface area contributed by atoms with Gasteiger partial charge < -0.3 is 19.7 Å². The molecule has 128 valence electrons. The number of hydrogen-bond acceptors (Lipinski definition) is 5. The smallest absolute Gasteiger partial charge is 0.128 e. The van der Waals surface area contributed by atoms with Gasteiger partial charge in [-0.15, -0.1) is 0 Å². The molecule has 0 atom stereocenters. The lowest BCUT2D eigenvalue weighted by atomic mass is 10.2. The second-order valence-electron chi connectivity index (χ2n) is 6.00. The van der Waals surface area contributed by atoms with Gasteiger partial charge in [0.15, 0.2) is 0 Å². The van der Waals surface area contributed by atoms with E-state index in [0.717, 1.165) is 42.5 Å². The summed E-state index contributed by atoms with van der Waals surface area (Å²) in [6, 6.07) is 10.1. The Labute approximate surface area is 143 Å². The summed E-state index contributed by atoms with van der Waals surface area (Å²) in [5.74, 6) is 2.79. The van der Waals surface area contributed by atoms with Crippen molar-refractivity contribution in [2.75, 3.05) is 32.2 Å². The largest absolute Gasteiger partial charge is 0.497 e. The van der Waals surface area contributed by atoms with Crippen LogP contribution in [0.15, 0.2) is 36.5 Å². The van der Waals surface area contributed by atoms with Gasteiger partial charge in [0.25, 0.3) is 0 Å². The maximum Gasteiger partial charge on any atom is 0.128 e. The van der Waals surface area contributed by atoms with Crippen LogP contribution in [-0.2, 0) is 13.1 Å². The summed E-state index contributed by atoms with van der Waals surface area (Å²) >= 11 is 0. The van der Waals surface area contributed by atoms with Crippen LogP contribution in [0, 0.1) is 0 Å². The second-order valence-corrected chi connectivity index (χ2v) is 6.00. The molecule has 0 bridgehead atoms. The number of aromatic nitrogens is 1. The second kappa shape index (κ2) is 8.02. The number of ether oxygens (including phenoxy) is 2. The molecule has 0 amide bonds. The zero-order chi connectivity index (χ0) is 16.8. The fourth-order valence-corrected chi connectivity index (χ4v) is 3.02. The first-order chi connectivity index (χ1) is 11.8. The summed E-state index contributed by atoms with van der Waals surface area (Å²) in [5.41, 5.74) is 2.26. The van der Waals surface area contributed by atoms with E-state index in [4.69, 9.17) is 9.47 Å². The molecule has 1 aromatic carbocycles. The van der Waals surface area contributed by atoms with Crippen molar-refractivity contribution < 1.29 is 9.47 Å². The Bertz CT molecular complexity index is 652. The predicted molar refractivity (Wildman–Crippen MR) is 95.8 cm³/mol. The molecule has 1 aliphatic rings. The molecule has 1 N–H and O–H groups in total. The fourth-order valence-electron chi connectivity index (χ4n) is 3.02. The molecule has 0 radical (unpaired) electrons. The Morgan fingerprint density at radius 2 is 1.88 bits per heavy atom. The third-order valence-corrected chi connectivity index (χ3v) is 4.37. The van der Waals surface area contributed by atoms with Crippen molar-refractivity contribution in [3.05, 3.63) is 47.7 Å². The Hall–Kier alpha value is -2.27. The minimum absolute atomic E-state index is 0.717. The van der Waals surface area contributed by atoms with Crippen LogP contribution in [0.2, 0.25) is 0 Å². The van der Waals surface area contributed by atoms with Crippen molar-refractivity contribution >= 4 is 5.82 Å². The summed E-state index contributed by atoms with van der Waals surface area (Å²) in [7, 11) is 3.36. The number of rotatable bonds is 7. The van der Waals surface area contributed by atoms with Crippen molar-refractivity contribution in [1.29, 1.82) is 0 Å². The molecule has 1 aromatic heterocycles. The van der Waals surface area contributed by atoms with Crippen LogP contribution in [0.5, 0.6) is 11.5 Å². The van der Waals surface area contributed by atoms with Gasteiger partial charge >= 0.3 is 0 Å². The third-order valence-electron chi connectivity index (χ3n) is 4.37. The minimum Gasteiger partial charge on any atom is -0.497 e. The van der Waals surface area contributed by atoms with Gasteiger partial charge in [-0.2, -0.15) is 0 Å². The first-order valence-electron chi connectivity index (χ1n) is 8.41. The topological polar surface area (TPSA) is 46.6 Å². The summed E-state index contributed by atoms with van der Waals surface area (Å²) in [6.45, 7) is 3.74. The number of nitrogens with one attached hydrogen (secondary N) is 1. The first kappa shape index (κ1) is 16.6. The Morgan fingerprint density at radius 3 is 2.54 bits per heavy atom. The molecule has 5 heteroatoms. The highest BCUT2D eigenvalue weighted by molar-refractivity contribution is 5.41. The standard InChI is InChI=1S/C19H25N3O2/c1-23-17-6-7-18(24-2)16(11-17)14-20-12-15-5-8-19(21-13-15)22-9-3-4-10-22/h5-8,11,13,20H,3-4,9-10,12,14H2,1-2H3. The summed E-state index contributed by atoms with van der Waals surface area (Å²) in [6.07, 6.45) is 4.50. The summed E-state index contributed by atoms with van der Waals surface area (Å²) < 4.78 is 10.7. The van der Waals surface area contributed by atoms with E-state index >= 15 is 0 Å². The van der Waals surface area contributed by atoms with Crippen molar-refractivity contribution in [3.63, 3.8) is 0 Å². The molecule has 5 nitrogen and oxygen atoms in total. The minimum atomic E-state index is 0.717. The van der Waals surface area contributed by atoms with E-state index in [-0.39, 0.29) is 0 Å². The highest BCUT2D eigenvalue weighted by Crippen LogP contribution is 2.24. The molecule has 0 aliphatic carbocycles. The average molecular weight is 327 g/mol. The highest BCUT2D eigenvalue weighted by Gasteiger charge is 2.13. The molecule has 2 aromatic rings. The Kier molecular flexibility index (Phi) is 5.54. The molecule has 1 saturated heterocycles. The lowest BCUT2D eigenvalue weighted by molar-refractivity contribution is 0.397. The van der Waals surface area contributed by atoms with Gasteiger partial charge in [-0.25, -0.2) is 4.98 Å². The molecule has 0 saturated carbocycles.